The fourth-order valence-electron chi connectivity index (χ4n) is 1.81. The second kappa shape index (κ2) is 6.02. The molecule has 16 heavy (non-hydrogen) atoms. The number of hydrogen-bond acceptors (Lipinski definition) is 2. The monoisotopic (exact) mass is 221 g/mol. The molecule has 1 rings (SSSR count). The third-order valence-corrected chi connectivity index (χ3v) is 3.15. The highest BCUT2D eigenvalue weighted by atomic mass is 16.3. The number of aliphatic hydroxyl groups is 1. The van der Waals surface area contributed by atoms with Crippen LogP contribution in [0, 0.1) is 0 Å². The first kappa shape index (κ1) is 13.2. The van der Waals surface area contributed by atoms with Gasteiger partial charge in [0.25, 0.3) is 0 Å². The lowest BCUT2D eigenvalue weighted by Crippen LogP contribution is -2.37. The number of rotatable bonds is 6. The first-order valence-electron chi connectivity index (χ1n) is 6.18. The lowest BCUT2D eigenvalue weighted by atomic mass is 9.90. The Morgan fingerprint density at radius 2 is 1.75 bits per heavy atom. The van der Waals surface area contributed by atoms with Gasteiger partial charge in [0.1, 0.15) is 5.60 Å². The summed E-state index contributed by atoms with van der Waals surface area (Å²) in [6.45, 7) is 7.71. The van der Waals surface area contributed by atoms with Gasteiger partial charge in [-0.3, -0.25) is 0 Å². The van der Waals surface area contributed by atoms with E-state index in [1.165, 1.54) is 5.56 Å². The van der Waals surface area contributed by atoms with Crippen LogP contribution in [0.3, 0.4) is 0 Å². The van der Waals surface area contributed by atoms with Crippen molar-refractivity contribution in [2.24, 2.45) is 0 Å². The van der Waals surface area contributed by atoms with Gasteiger partial charge in [0, 0.05) is 6.54 Å². The molecule has 1 aromatic rings. The van der Waals surface area contributed by atoms with Gasteiger partial charge in [-0.1, -0.05) is 45.0 Å². The molecule has 1 unspecified atom stereocenters. The molecule has 0 saturated carbocycles. The third-order valence-electron chi connectivity index (χ3n) is 3.15. The number of hydrogen-bond donors (Lipinski definition) is 2. The molecule has 0 aliphatic rings. The summed E-state index contributed by atoms with van der Waals surface area (Å²) in [5, 5.41) is 13.7. The Morgan fingerprint density at radius 1 is 1.12 bits per heavy atom. The van der Waals surface area contributed by atoms with Crippen LogP contribution in [0.1, 0.15) is 38.3 Å². The SMILES string of the molecule is CCNCC(O)(CC)c1ccc(CC)cc1. The van der Waals surface area contributed by atoms with Crippen LogP contribution < -0.4 is 5.32 Å². The summed E-state index contributed by atoms with van der Waals surface area (Å²) in [5.41, 5.74) is 1.58. The van der Waals surface area contributed by atoms with Crippen molar-refractivity contribution < 1.29 is 5.11 Å². The van der Waals surface area contributed by atoms with E-state index in [-0.39, 0.29) is 0 Å². The lowest BCUT2D eigenvalue weighted by molar-refractivity contribution is 0.0332. The van der Waals surface area contributed by atoms with Crippen LogP contribution in [0.15, 0.2) is 24.3 Å². The Morgan fingerprint density at radius 3 is 2.19 bits per heavy atom. The van der Waals surface area contributed by atoms with E-state index in [0.717, 1.165) is 24.9 Å². The maximum Gasteiger partial charge on any atom is 0.102 e. The summed E-state index contributed by atoms with van der Waals surface area (Å²) in [5.74, 6) is 0. The van der Waals surface area contributed by atoms with Crippen molar-refractivity contribution >= 4 is 0 Å². The first-order valence-corrected chi connectivity index (χ1v) is 6.18. The first-order chi connectivity index (χ1) is 7.66. The molecule has 2 N–H and O–H groups in total. The van der Waals surface area contributed by atoms with Gasteiger partial charge in [-0.15, -0.1) is 0 Å². The van der Waals surface area contributed by atoms with Crippen molar-refractivity contribution in [3.63, 3.8) is 0 Å². The summed E-state index contributed by atoms with van der Waals surface area (Å²) in [6.07, 6.45) is 1.77. The molecular weight excluding hydrogens is 198 g/mol. The zero-order chi connectivity index (χ0) is 12.0. The minimum atomic E-state index is -0.734. The molecule has 0 amide bonds. The van der Waals surface area contributed by atoms with Crippen LogP contribution >= 0.6 is 0 Å². The van der Waals surface area contributed by atoms with Gasteiger partial charge in [-0.25, -0.2) is 0 Å². The van der Waals surface area contributed by atoms with Gasteiger partial charge < -0.3 is 10.4 Å². The Bertz CT molecular complexity index is 307. The molecule has 0 saturated heterocycles. The maximum absolute atomic E-state index is 10.5. The topological polar surface area (TPSA) is 32.3 Å². The fourth-order valence-corrected chi connectivity index (χ4v) is 1.81. The van der Waals surface area contributed by atoms with E-state index in [4.69, 9.17) is 0 Å². The highest BCUT2D eigenvalue weighted by molar-refractivity contribution is 5.27. The van der Waals surface area contributed by atoms with Gasteiger partial charge in [-0.05, 0) is 30.5 Å². The van der Waals surface area contributed by atoms with Crippen molar-refractivity contribution in [3.8, 4) is 0 Å². The molecule has 0 fully saturated rings. The Balaban J connectivity index is 2.84. The predicted molar refractivity (Wildman–Crippen MR) is 68.6 cm³/mol. The van der Waals surface area contributed by atoms with E-state index in [2.05, 4.69) is 31.3 Å². The predicted octanol–water partition coefficient (Wildman–Crippen LogP) is 2.46. The third kappa shape index (κ3) is 3.06. The van der Waals surface area contributed by atoms with Crippen LogP contribution in [0.2, 0.25) is 0 Å². The highest BCUT2D eigenvalue weighted by Gasteiger charge is 2.26. The van der Waals surface area contributed by atoms with E-state index in [0.29, 0.717) is 6.54 Å². The fraction of sp³-hybridized carbons (Fsp3) is 0.571. The second-order valence-electron chi connectivity index (χ2n) is 4.22. The molecule has 0 aliphatic carbocycles. The number of benzene rings is 1. The smallest absolute Gasteiger partial charge is 0.102 e. The number of nitrogens with one attached hydrogen (secondary N) is 1. The van der Waals surface area contributed by atoms with Crippen LogP contribution in [-0.2, 0) is 12.0 Å². The Kier molecular flexibility index (Phi) is 4.97. The molecule has 2 heteroatoms. The minimum absolute atomic E-state index is 0.617. The van der Waals surface area contributed by atoms with Gasteiger partial charge >= 0.3 is 0 Å². The average Bonchev–Trinajstić information content (AvgIpc) is 2.36. The Labute approximate surface area is 98.7 Å². The van der Waals surface area contributed by atoms with E-state index in [9.17, 15) is 5.11 Å². The van der Waals surface area contributed by atoms with E-state index < -0.39 is 5.60 Å². The number of aryl methyl sites for hydroxylation is 1. The average molecular weight is 221 g/mol. The lowest BCUT2D eigenvalue weighted by Gasteiger charge is -2.27. The summed E-state index contributed by atoms with van der Waals surface area (Å²) < 4.78 is 0. The molecular formula is C14H23NO. The summed E-state index contributed by atoms with van der Waals surface area (Å²) in [6, 6.07) is 8.28. The minimum Gasteiger partial charge on any atom is -0.384 e. The normalized spacial score (nSPS) is 14.8. The zero-order valence-electron chi connectivity index (χ0n) is 10.6. The molecule has 1 atom stereocenters. The molecule has 1 aromatic carbocycles. The van der Waals surface area contributed by atoms with Crippen LogP contribution in [0.25, 0.3) is 0 Å². The maximum atomic E-state index is 10.5. The van der Waals surface area contributed by atoms with E-state index in [1.807, 2.05) is 19.1 Å². The van der Waals surface area contributed by atoms with Gasteiger partial charge in [0.15, 0.2) is 0 Å². The molecule has 90 valence electrons. The summed E-state index contributed by atoms with van der Waals surface area (Å²) >= 11 is 0. The molecule has 2 nitrogen and oxygen atoms in total. The molecule has 0 radical (unpaired) electrons. The van der Waals surface area contributed by atoms with Crippen molar-refractivity contribution in [3.05, 3.63) is 35.4 Å². The molecule has 0 aliphatic heterocycles. The van der Waals surface area contributed by atoms with Crippen LogP contribution in [-0.4, -0.2) is 18.2 Å². The standard InChI is InChI=1S/C14H23NO/c1-4-12-7-9-13(10-8-12)14(16,5-2)11-15-6-3/h7-10,15-16H,4-6,11H2,1-3H3. The molecule has 0 heterocycles. The molecule has 0 bridgehead atoms. The van der Waals surface area contributed by atoms with Crippen LogP contribution in [0.5, 0.6) is 0 Å². The van der Waals surface area contributed by atoms with Crippen molar-refractivity contribution in [1.29, 1.82) is 0 Å². The molecule has 0 spiro atoms. The molecule has 0 aromatic heterocycles. The number of likely N-dealkylation sites (N-methyl/N-ethyl adjacent to an activating group) is 1. The van der Waals surface area contributed by atoms with Gasteiger partial charge in [0.05, 0.1) is 0 Å². The van der Waals surface area contributed by atoms with Gasteiger partial charge in [0.2, 0.25) is 0 Å². The van der Waals surface area contributed by atoms with Crippen molar-refractivity contribution in [1.82, 2.24) is 5.32 Å². The zero-order valence-corrected chi connectivity index (χ0v) is 10.6. The van der Waals surface area contributed by atoms with E-state index >= 15 is 0 Å². The van der Waals surface area contributed by atoms with Crippen molar-refractivity contribution in [2.45, 2.75) is 39.2 Å². The quantitative estimate of drug-likeness (QED) is 0.773. The van der Waals surface area contributed by atoms with Crippen LogP contribution in [0.4, 0.5) is 0 Å². The van der Waals surface area contributed by atoms with Gasteiger partial charge in [-0.2, -0.15) is 0 Å². The largest absolute Gasteiger partial charge is 0.384 e. The van der Waals surface area contributed by atoms with E-state index in [1.54, 1.807) is 0 Å². The summed E-state index contributed by atoms with van der Waals surface area (Å²) in [7, 11) is 0. The second-order valence-corrected chi connectivity index (χ2v) is 4.22. The Hall–Kier alpha value is -0.860. The van der Waals surface area contributed by atoms with Crippen molar-refractivity contribution in [2.75, 3.05) is 13.1 Å². The highest BCUT2D eigenvalue weighted by Crippen LogP contribution is 2.24. The summed E-state index contributed by atoms with van der Waals surface area (Å²) in [4.78, 5) is 0.